The number of rotatable bonds is 6. The Labute approximate surface area is 219 Å². The summed E-state index contributed by atoms with van der Waals surface area (Å²) in [6.45, 7) is 5.51. The van der Waals surface area contributed by atoms with Crippen molar-refractivity contribution in [3.63, 3.8) is 0 Å². The molecule has 1 aliphatic heterocycles. The van der Waals surface area contributed by atoms with Crippen molar-refractivity contribution in [2.24, 2.45) is 11.8 Å². The van der Waals surface area contributed by atoms with Crippen LogP contribution in [-0.2, 0) is 15.7 Å². The molecule has 1 saturated heterocycles. The lowest BCUT2D eigenvalue weighted by molar-refractivity contribution is -0.140. The Kier molecular flexibility index (Phi) is 8.94. The third-order valence-electron chi connectivity index (χ3n) is 6.88. The van der Waals surface area contributed by atoms with Gasteiger partial charge in [0.2, 0.25) is 0 Å². The van der Waals surface area contributed by atoms with E-state index < -0.39 is 23.5 Å². The number of nitrogens with zero attached hydrogens (tertiary/aromatic N) is 3. The van der Waals surface area contributed by atoms with Gasteiger partial charge in [0.25, 0.3) is 0 Å². The molecule has 0 spiro atoms. The molecule has 1 aliphatic rings. The molecular weight excluding hydrogens is 502 g/mol. The summed E-state index contributed by atoms with van der Waals surface area (Å²) in [5.74, 6) is -2.02. The highest BCUT2D eigenvalue weighted by Gasteiger charge is 2.34. The van der Waals surface area contributed by atoms with E-state index in [1.54, 1.807) is 30.6 Å². The molecule has 0 bridgehead atoms. The van der Waals surface area contributed by atoms with Crippen LogP contribution in [0, 0.1) is 17.7 Å². The van der Waals surface area contributed by atoms with E-state index in [9.17, 15) is 22.4 Å². The lowest BCUT2D eigenvalue weighted by atomic mass is 9.84. The third-order valence-corrected chi connectivity index (χ3v) is 6.88. The van der Waals surface area contributed by atoms with Crippen molar-refractivity contribution in [2.45, 2.75) is 51.8 Å². The van der Waals surface area contributed by atoms with Gasteiger partial charge in [0.1, 0.15) is 11.5 Å². The number of carbonyl (C=O) groups is 1. The van der Waals surface area contributed by atoms with Crippen molar-refractivity contribution in [1.82, 2.24) is 14.8 Å². The monoisotopic (exact) mass is 533 g/mol. The van der Waals surface area contributed by atoms with Gasteiger partial charge in [-0.1, -0.05) is 20.3 Å². The molecule has 0 saturated carbocycles. The lowest BCUT2D eigenvalue weighted by Gasteiger charge is -2.26. The maximum absolute atomic E-state index is 14.5. The zero-order valence-electron chi connectivity index (χ0n) is 21.4. The van der Waals surface area contributed by atoms with E-state index in [1.165, 1.54) is 4.68 Å². The zero-order valence-corrected chi connectivity index (χ0v) is 21.4. The highest BCUT2D eigenvalue weighted by atomic mass is 19.4. The molecule has 3 atom stereocenters. The zero-order chi connectivity index (χ0) is 27.3. The number of aromatic nitrogens is 3. The Morgan fingerprint density at radius 3 is 2.55 bits per heavy atom. The number of pyridine rings is 1. The van der Waals surface area contributed by atoms with E-state index in [-0.39, 0.29) is 29.2 Å². The number of hydrogen-bond donors (Lipinski definition) is 0. The van der Waals surface area contributed by atoms with Crippen LogP contribution in [0.25, 0.3) is 16.9 Å². The summed E-state index contributed by atoms with van der Waals surface area (Å²) in [7, 11) is 0. The molecule has 3 unspecified atom stereocenters. The number of ether oxygens (including phenoxy) is 2. The van der Waals surface area contributed by atoms with Gasteiger partial charge in [0.05, 0.1) is 29.7 Å². The second-order valence-corrected chi connectivity index (χ2v) is 9.61. The van der Waals surface area contributed by atoms with Gasteiger partial charge in [-0.15, -0.1) is 0 Å². The molecule has 4 rings (SSSR count). The molecular formula is C28H31F4N3O3. The molecule has 1 fully saturated rings. The second kappa shape index (κ2) is 12.2. The molecule has 0 N–H and O–H groups in total. The lowest BCUT2D eigenvalue weighted by Crippen LogP contribution is -2.29. The van der Waals surface area contributed by atoms with Crippen LogP contribution in [0.15, 0.2) is 48.8 Å². The number of halogens is 4. The van der Waals surface area contributed by atoms with Crippen molar-refractivity contribution in [2.75, 3.05) is 19.8 Å². The van der Waals surface area contributed by atoms with Crippen molar-refractivity contribution in [1.29, 1.82) is 0 Å². The Balaban J connectivity index is 1.69. The van der Waals surface area contributed by atoms with Gasteiger partial charge in [-0.25, -0.2) is 9.07 Å². The summed E-state index contributed by atoms with van der Waals surface area (Å²) in [6.07, 6.45) is 1.30. The fraction of sp³-hybridized carbons (Fsp3) is 0.464. The van der Waals surface area contributed by atoms with E-state index in [1.807, 2.05) is 6.92 Å². The molecule has 10 heteroatoms. The minimum absolute atomic E-state index is 0.00753. The van der Waals surface area contributed by atoms with Crippen LogP contribution in [-0.4, -0.2) is 46.5 Å². The first kappa shape index (κ1) is 27.9. The predicted molar refractivity (Wildman–Crippen MR) is 133 cm³/mol. The molecule has 3 aromatic rings. The van der Waals surface area contributed by atoms with Crippen molar-refractivity contribution in [3.05, 3.63) is 65.9 Å². The summed E-state index contributed by atoms with van der Waals surface area (Å²) in [5.41, 5.74) is -0.0827. The molecule has 204 valence electrons. The molecule has 0 radical (unpaired) electrons. The van der Waals surface area contributed by atoms with Crippen LogP contribution in [0.4, 0.5) is 17.6 Å². The summed E-state index contributed by atoms with van der Waals surface area (Å²) in [5, 5.41) is 4.47. The maximum Gasteiger partial charge on any atom is 0.419 e. The first-order valence-electron chi connectivity index (χ1n) is 12.8. The molecule has 2 aromatic heterocycles. The molecule has 0 amide bonds. The largest absolute Gasteiger partial charge is 0.419 e. The predicted octanol–water partition coefficient (Wildman–Crippen LogP) is 6.52. The van der Waals surface area contributed by atoms with E-state index in [0.29, 0.717) is 50.0 Å². The Morgan fingerprint density at radius 2 is 1.87 bits per heavy atom. The first-order valence-corrected chi connectivity index (χ1v) is 12.8. The van der Waals surface area contributed by atoms with Crippen molar-refractivity contribution < 1.29 is 31.8 Å². The summed E-state index contributed by atoms with van der Waals surface area (Å²) in [6, 6.07) is 7.57. The van der Waals surface area contributed by atoms with Crippen LogP contribution in [0.2, 0.25) is 0 Å². The highest BCUT2D eigenvalue weighted by molar-refractivity contribution is 5.97. The molecule has 3 heterocycles. The number of Topliss-reactive ketones (excluding diaryl/α,β-unsaturated/α-hetero) is 1. The number of hydrogen-bond acceptors (Lipinski definition) is 5. The first-order chi connectivity index (χ1) is 18.2. The fourth-order valence-corrected chi connectivity index (χ4v) is 4.74. The second-order valence-electron chi connectivity index (χ2n) is 9.61. The number of benzene rings is 1. The van der Waals surface area contributed by atoms with E-state index >= 15 is 0 Å². The smallest absolute Gasteiger partial charge is 0.379 e. The van der Waals surface area contributed by atoms with E-state index in [0.717, 1.165) is 25.0 Å². The standard InChI is InChI=1S/C28H31F4N3O3/c1-3-4-21-17-37-13-9-18(2)22(10-14-38-21)27(36)25-16-26(19-7-11-33-12-8-19)35(34-25)20-5-6-23(24(29)15-20)28(30,31)32/h5-8,11-12,15-16,18,21-22H,3-4,9-10,13-14,17H2,1-2H3. The van der Waals surface area contributed by atoms with E-state index in [4.69, 9.17) is 9.47 Å². The maximum atomic E-state index is 14.5. The summed E-state index contributed by atoms with van der Waals surface area (Å²) < 4.78 is 66.9. The molecule has 1 aromatic carbocycles. The van der Waals surface area contributed by atoms with Crippen LogP contribution in [0.5, 0.6) is 0 Å². The highest BCUT2D eigenvalue weighted by Crippen LogP contribution is 2.34. The van der Waals surface area contributed by atoms with E-state index in [2.05, 4.69) is 17.0 Å². The normalized spacial score (nSPS) is 21.3. The Morgan fingerprint density at radius 1 is 1.11 bits per heavy atom. The SMILES string of the molecule is CCCC1COCCC(C)C(C(=O)c2cc(-c3ccncc3)n(-c3ccc(C(F)(F)F)c(F)c3)n2)CCO1. The topological polar surface area (TPSA) is 66.2 Å². The quantitative estimate of drug-likeness (QED) is 0.267. The van der Waals surface area contributed by atoms with Crippen molar-refractivity contribution in [3.8, 4) is 16.9 Å². The average Bonchev–Trinajstić information content (AvgIpc) is 3.34. The molecule has 6 nitrogen and oxygen atoms in total. The van der Waals surface area contributed by atoms with Gasteiger partial charge in [0, 0.05) is 43.2 Å². The molecule has 0 aliphatic carbocycles. The van der Waals surface area contributed by atoms with Crippen LogP contribution in [0.3, 0.4) is 0 Å². The number of ketones is 1. The summed E-state index contributed by atoms with van der Waals surface area (Å²) >= 11 is 0. The third kappa shape index (κ3) is 6.47. The number of alkyl halides is 3. The van der Waals surface area contributed by atoms with Crippen LogP contribution in [0.1, 0.15) is 55.6 Å². The molecule has 38 heavy (non-hydrogen) atoms. The fourth-order valence-electron chi connectivity index (χ4n) is 4.74. The average molecular weight is 534 g/mol. The van der Waals surface area contributed by atoms with Gasteiger partial charge in [-0.2, -0.15) is 18.3 Å². The van der Waals surface area contributed by atoms with Gasteiger partial charge < -0.3 is 9.47 Å². The van der Waals surface area contributed by atoms with Gasteiger partial charge >= 0.3 is 6.18 Å². The Bertz CT molecular complexity index is 1230. The van der Waals surface area contributed by atoms with Gasteiger partial charge in [-0.05, 0) is 55.5 Å². The minimum Gasteiger partial charge on any atom is -0.379 e. The Hall–Kier alpha value is -3.11. The number of carbonyl (C=O) groups excluding carboxylic acids is 1. The van der Waals surface area contributed by atoms with Crippen LogP contribution < -0.4 is 0 Å². The van der Waals surface area contributed by atoms with Gasteiger partial charge in [-0.3, -0.25) is 9.78 Å². The van der Waals surface area contributed by atoms with Gasteiger partial charge in [0.15, 0.2) is 5.78 Å². The summed E-state index contributed by atoms with van der Waals surface area (Å²) in [4.78, 5) is 17.8. The van der Waals surface area contributed by atoms with Crippen molar-refractivity contribution >= 4 is 5.78 Å². The van der Waals surface area contributed by atoms with Crippen LogP contribution >= 0.6 is 0 Å². The minimum atomic E-state index is -4.82.